The van der Waals surface area contributed by atoms with Crippen molar-refractivity contribution >= 4 is 41.2 Å². The van der Waals surface area contributed by atoms with E-state index in [1.807, 2.05) is 17.6 Å². The van der Waals surface area contributed by atoms with E-state index in [2.05, 4.69) is 0 Å². The molecule has 2 aromatic rings. The smallest absolute Gasteiger partial charge is 0.340 e. The molecule has 8 nitrogen and oxygen atoms in total. The molecule has 2 fully saturated rings. The first-order valence-corrected chi connectivity index (χ1v) is 10.7. The number of anilines is 1. The minimum atomic E-state index is -0.819. The molecular formula is C22H20N2O6S. The third kappa shape index (κ3) is 2.27. The first-order chi connectivity index (χ1) is 14.8. The van der Waals surface area contributed by atoms with Crippen molar-refractivity contribution in [3.8, 4) is 0 Å². The molecule has 0 unspecified atom stereocenters. The third-order valence-electron chi connectivity index (χ3n) is 6.57. The number of carbonyl (C=O) groups is 4. The summed E-state index contributed by atoms with van der Waals surface area (Å²) in [6.07, 6.45) is 0. The van der Waals surface area contributed by atoms with Crippen molar-refractivity contribution in [2.75, 3.05) is 19.1 Å². The van der Waals surface area contributed by atoms with Crippen LogP contribution in [0.5, 0.6) is 0 Å². The number of imide groups is 1. The fourth-order valence-electron chi connectivity index (χ4n) is 5.43. The van der Waals surface area contributed by atoms with Gasteiger partial charge in [0.1, 0.15) is 4.87 Å². The molecule has 31 heavy (non-hydrogen) atoms. The van der Waals surface area contributed by atoms with Crippen molar-refractivity contribution in [2.24, 2.45) is 11.8 Å². The minimum Gasteiger partial charge on any atom is -0.465 e. The highest BCUT2D eigenvalue weighted by molar-refractivity contribution is 8.00. The number of para-hydroxylation sites is 1. The van der Waals surface area contributed by atoms with Crippen LogP contribution < -0.4 is 4.90 Å². The van der Waals surface area contributed by atoms with Gasteiger partial charge < -0.3 is 14.0 Å². The van der Waals surface area contributed by atoms with Gasteiger partial charge in [-0.25, -0.2) is 14.5 Å². The molecule has 0 spiro atoms. The molecule has 2 saturated heterocycles. The number of nitrogens with zero attached hydrogens (tertiary/aromatic N) is 2. The monoisotopic (exact) mass is 440 g/mol. The highest BCUT2D eigenvalue weighted by atomic mass is 32.2. The molecule has 160 valence electrons. The van der Waals surface area contributed by atoms with Crippen molar-refractivity contribution in [1.29, 1.82) is 0 Å². The van der Waals surface area contributed by atoms with Gasteiger partial charge in [-0.3, -0.25) is 9.59 Å². The summed E-state index contributed by atoms with van der Waals surface area (Å²) < 4.78 is 11.7. The second-order valence-electron chi connectivity index (χ2n) is 7.98. The van der Waals surface area contributed by atoms with Crippen LogP contribution in [0.25, 0.3) is 0 Å². The van der Waals surface area contributed by atoms with Crippen molar-refractivity contribution in [3.05, 3.63) is 52.8 Å². The summed E-state index contributed by atoms with van der Waals surface area (Å²) >= 11 is 1.49. The van der Waals surface area contributed by atoms with E-state index < -0.39 is 33.9 Å². The Kier molecular flexibility index (Phi) is 4.14. The van der Waals surface area contributed by atoms with Crippen molar-refractivity contribution in [1.82, 2.24) is 4.57 Å². The number of carbonyl (C=O) groups excluding carboxylic acids is 4. The van der Waals surface area contributed by atoms with Crippen LogP contribution >= 0.6 is 11.8 Å². The van der Waals surface area contributed by atoms with E-state index in [0.29, 0.717) is 17.1 Å². The Balaban J connectivity index is 1.71. The highest BCUT2D eigenvalue weighted by Gasteiger charge is 2.71. The van der Waals surface area contributed by atoms with E-state index in [1.165, 1.54) is 30.9 Å². The Bertz CT molecular complexity index is 1170. The molecule has 4 atom stereocenters. The molecule has 0 radical (unpaired) electrons. The summed E-state index contributed by atoms with van der Waals surface area (Å²) in [6, 6.07) is 8.84. The fourth-order valence-corrected chi connectivity index (χ4v) is 7.43. The molecular weight excluding hydrogens is 420 g/mol. The topological polar surface area (TPSA) is 94.9 Å². The average molecular weight is 440 g/mol. The standard InChI is InChI=1S/C22H20N2O6S/c1-10-12(20(27)29-3)13(21(28)30-4)16-17-14-15(22(2,31-17)24(10)16)19(26)23(18(14)25)11-8-6-5-7-9-11/h5-9,14-15,17H,1-4H3/t14-,15-,17-,22+/m1/s1. The number of hydrogen-bond donors (Lipinski definition) is 0. The maximum Gasteiger partial charge on any atom is 0.340 e. The molecule has 5 rings (SSSR count). The Hall–Kier alpha value is -3.07. The van der Waals surface area contributed by atoms with Crippen LogP contribution in [0.1, 0.15) is 44.3 Å². The molecule has 1 aromatic heterocycles. The first-order valence-electron chi connectivity index (χ1n) is 9.80. The van der Waals surface area contributed by atoms with E-state index in [1.54, 1.807) is 31.2 Å². The van der Waals surface area contributed by atoms with Gasteiger partial charge in [-0.15, -0.1) is 11.8 Å². The molecule has 9 heteroatoms. The van der Waals surface area contributed by atoms with Crippen molar-refractivity contribution in [2.45, 2.75) is 24.0 Å². The van der Waals surface area contributed by atoms with Crippen LogP contribution in [0.4, 0.5) is 5.69 Å². The van der Waals surface area contributed by atoms with Crippen LogP contribution in [-0.2, 0) is 23.9 Å². The summed E-state index contributed by atoms with van der Waals surface area (Å²) in [6.45, 7) is 3.61. The Morgan fingerprint density at radius 3 is 2.23 bits per heavy atom. The van der Waals surface area contributed by atoms with Crippen LogP contribution in [0.2, 0.25) is 0 Å². The molecule has 2 amide bonds. The van der Waals surface area contributed by atoms with Crippen molar-refractivity contribution in [3.63, 3.8) is 0 Å². The molecule has 0 aliphatic carbocycles. The Labute approximate surface area is 182 Å². The highest BCUT2D eigenvalue weighted by Crippen LogP contribution is 2.70. The maximum absolute atomic E-state index is 13.5. The lowest BCUT2D eigenvalue weighted by Gasteiger charge is -2.32. The number of methoxy groups -OCH3 is 2. The predicted molar refractivity (Wildman–Crippen MR) is 112 cm³/mol. The van der Waals surface area contributed by atoms with Gasteiger partial charge in [0, 0.05) is 11.4 Å². The number of rotatable bonds is 3. The number of ether oxygens (including phenoxy) is 2. The van der Waals surface area contributed by atoms with Gasteiger partial charge in [0.05, 0.1) is 48.1 Å². The van der Waals surface area contributed by atoms with E-state index in [0.717, 1.165) is 0 Å². The van der Waals surface area contributed by atoms with Gasteiger partial charge in [-0.1, -0.05) is 18.2 Å². The zero-order valence-electron chi connectivity index (χ0n) is 17.4. The summed E-state index contributed by atoms with van der Waals surface area (Å²) in [7, 11) is 2.49. The van der Waals surface area contributed by atoms with E-state index in [-0.39, 0.29) is 22.9 Å². The number of aromatic nitrogens is 1. The molecule has 0 N–H and O–H groups in total. The van der Waals surface area contributed by atoms with Crippen LogP contribution in [0.3, 0.4) is 0 Å². The van der Waals surface area contributed by atoms with Gasteiger partial charge in [-0.2, -0.15) is 0 Å². The SMILES string of the molecule is COC(=O)c1c(C(=O)OC)c2n(c1C)[C@@]1(C)S[C@@H]2[C@@H]2C(=O)N(c3ccccc3)C(=O)[C@@H]21. The summed E-state index contributed by atoms with van der Waals surface area (Å²) in [5.41, 5.74) is 1.85. The number of benzene rings is 1. The number of thioether (sulfide) groups is 1. The second kappa shape index (κ2) is 6.46. The normalized spacial score (nSPS) is 28.0. The van der Waals surface area contributed by atoms with Gasteiger partial charge >= 0.3 is 11.9 Å². The van der Waals surface area contributed by atoms with Crippen molar-refractivity contribution < 1.29 is 28.7 Å². The quantitative estimate of drug-likeness (QED) is 0.535. The zero-order chi connectivity index (χ0) is 22.2. The maximum atomic E-state index is 13.5. The lowest BCUT2D eigenvalue weighted by molar-refractivity contribution is -0.123. The fraction of sp³-hybridized carbons (Fsp3) is 0.364. The van der Waals surface area contributed by atoms with Crippen LogP contribution in [-0.4, -0.2) is 42.5 Å². The molecule has 3 aliphatic heterocycles. The molecule has 2 bridgehead atoms. The van der Waals surface area contributed by atoms with E-state index in [4.69, 9.17) is 9.47 Å². The number of amides is 2. The first kappa shape index (κ1) is 19.9. The lowest BCUT2D eigenvalue weighted by Crippen LogP contribution is -2.41. The Morgan fingerprint density at radius 1 is 1.00 bits per heavy atom. The van der Waals surface area contributed by atoms with Crippen LogP contribution in [0, 0.1) is 18.8 Å². The van der Waals surface area contributed by atoms with Gasteiger partial charge in [0.25, 0.3) is 0 Å². The minimum absolute atomic E-state index is 0.116. The van der Waals surface area contributed by atoms with E-state index >= 15 is 0 Å². The number of esters is 2. The number of fused-ring (bicyclic) bond motifs is 8. The Morgan fingerprint density at radius 2 is 1.61 bits per heavy atom. The zero-order valence-corrected chi connectivity index (χ0v) is 18.2. The van der Waals surface area contributed by atoms with Gasteiger partial charge in [-0.05, 0) is 26.0 Å². The molecule has 4 heterocycles. The van der Waals surface area contributed by atoms with Crippen LogP contribution in [0.15, 0.2) is 30.3 Å². The lowest BCUT2D eigenvalue weighted by atomic mass is 9.81. The average Bonchev–Trinajstić information content (AvgIpc) is 3.43. The summed E-state index contributed by atoms with van der Waals surface area (Å²) in [5.74, 6) is -3.10. The molecule has 1 aromatic carbocycles. The largest absolute Gasteiger partial charge is 0.465 e. The molecule has 3 aliphatic rings. The number of hydrogen-bond acceptors (Lipinski definition) is 7. The predicted octanol–water partition coefficient (Wildman–Crippen LogP) is 2.65. The summed E-state index contributed by atoms with van der Waals surface area (Å²) in [4.78, 5) is 52.6. The third-order valence-corrected chi connectivity index (χ3v) is 8.26. The van der Waals surface area contributed by atoms with E-state index in [9.17, 15) is 19.2 Å². The second-order valence-corrected chi connectivity index (χ2v) is 9.55. The molecule has 0 saturated carbocycles. The summed E-state index contributed by atoms with van der Waals surface area (Å²) in [5, 5.41) is -0.452. The van der Waals surface area contributed by atoms with Gasteiger partial charge in [0.15, 0.2) is 0 Å². The van der Waals surface area contributed by atoms with Gasteiger partial charge in [0.2, 0.25) is 11.8 Å².